The van der Waals surface area contributed by atoms with Crippen LogP contribution in [0, 0.1) is 5.82 Å². The molecule has 0 spiro atoms. The Balaban J connectivity index is 3.46. The fourth-order valence-electron chi connectivity index (χ4n) is 0.359. The van der Waals surface area contributed by atoms with Crippen LogP contribution in [0.2, 0.25) is 0 Å². The molecule has 1 rings (SSSR count). The molecule has 1 aromatic heterocycles. The van der Waals surface area contributed by atoms with E-state index in [-0.39, 0.29) is 0 Å². The van der Waals surface area contributed by atoms with Crippen molar-refractivity contribution >= 4 is 5.82 Å². The molecule has 0 bridgehead atoms. The van der Waals surface area contributed by atoms with Gasteiger partial charge in [0.15, 0.2) is 11.6 Å². The molecule has 3 N–H and O–H groups in total. The van der Waals surface area contributed by atoms with E-state index < -0.39 is 23.5 Å². The van der Waals surface area contributed by atoms with Gasteiger partial charge in [-0.2, -0.15) is 4.98 Å². The van der Waals surface area contributed by atoms with E-state index in [1.54, 1.807) is 0 Å². The lowest BCUT2D eigenvalue weighted by molar-refractivity contribution is 0.617. The first-order valence-electron chi connectivity index (χ1n) is 2.63. The zero-order chi connectivity index (χ0) is 7.72. The highest BCUT2D eigenvalue weighted by molar-refractivity contribution is 5.25. The number of aromatic nitrogens is 2. The van der Waals surface area contributed by atoms with Crippen molar-refractivity contribution in [3.05, 3.63) is 22.5 Å². The molecule has 0 saturated carbocycles. The molecule has 0 amide bonds. The second kappa shape index (κ2) is 1.85. The van der Waals surface area contributed by atoms with Crippen molar-refractivity contribution in [1.29, 1.82) is 0 Å². The maximum absolute atomic E-state index is 12.4. The van der Waals surface area contributed by atoms with E-state index >= 15 is 0 Å². The highest BCUT2D eigenvalue weighted by atomic mass is 19.1. The van der Waals surface area contributed by atoms with Gasteiger partial charge < -0.3 is 10.7 Å². The number of aromatic amines is 1. The van der Waals surface area contributed by atoms with Gasteiger partial charge in [0.2, 0.25) is 0 Å². The van der Waals surface area contributed by atoms with Crippen LogP contribution in [0.1, 0.15) is 1.37 Å². The smallest absolute Gasteiger partial charge is 0.347 e. The van der Waals surface area contributed by atoms with Gasteiger partial charge in [0, 0.05) is 6.17 Å². The van der Waals surface area contributed by atoms with Crippen LogP contribution in [0.25, 0.3) is 0 Å². The number of hydrogen-bond acceptors (Lipinski definition) is 3. The van der Waals surface area contributed by atoms with E-state index in [0.717, 1.165) is 0 Å². The van der Waals surface area contributed by atoms with Gasteiger partial charge in [0.1, 0.15) is 0 Å². The predicted octanol–water partition coefficient (Wildman–Crippen LogP) is -0.509. The van der Waals surface area contributed by atoms with Crippen molar-refractivity contribution in [2.45, 2.75) is 0 Å². The van der Waals surface area contributed by atoms with Gasteiger partial charge in [0.25, 0.3) is 0 Å². The lowest BCUT2D eigenvalue weighted by Crippen LogP contribution is -2.12. The Kier molecular flexibility index (Phi) is 0.921. The van der Waals surface area contributed by atoms with Crippen molar-refractivity contribution in [2.24, 2.45) is 0 Å². The maximum Gasteiger partial charge on any atom is 0.347 e. The van der Waals surface area contributed by atoms with Crippen LogP contribution in [-0.4, -0.2) is 9.97 Å². The van der Waals surface area contributed by atoms with Crippen molar-refractivity contribution in [2.75, 3.05) is 5.73 Å². The molecule has 0 aliphatic heterocycles. The Labute approximate surface area is 50.9 Å². The average Bonchev–Trinajstić information content (AvgIpc) is 1.82. The monoisotopic (exact) mass is 131 g/mol. The Morgan fingerprint density at radius 3 is 3.22 bits per heavy atom. The van der Waals surface area contributed by atoms with Crippen molar-refractivity contribution in [3.63, 3.8) is 0 Å². The summed E-state index contributed by atoms with van der Waals surface area (Å²) in [5.41, 5.74) is 4.08. The first-order valence-corrected chi connectivity index (χ1v) is 2.13. The summed E-state index contributed by atoms with van der Waals surface area (Å²) >= 11 is 0. The Hall–Kier alpha value is -1.39. The fourth-order valence-corrected chi connectivity index (χ4v) is 0.359. The summed E-state index contributed by atoms with van der Waals surface area (Å²) in [5.74, 6) is -1.55. The van der Waals surface area contributed by atoms with Crippen LogP contribution in [0.4, 0.5) is 10.2 Å². The summed E-state index contributed by atoms with van der Waals surface area (Å²) in [5, 5.41) is 0. The van der Waals surface area contributed by atoms with Gasteiger partial charge in [-0.25, -0.2) is 9.18 Å². The van der Waals surface area contributed by atoms with Crippen LogP contribution in [-0.2, 0) is 0 Å². The number of halogens is 1. The minimum Gasteiger partial charge on any atom is -0.381 e. The molecule has 0 radical (unpaired) electrons. The number of hydrogen-bond donors (Lipinski definition) is 2. The second-order valence-electron chi connectivity index (χ2n) is 1.37. The molecular formula is C4H4FN3O. The molecule has 1 heterocycles. The highest BCUT2D eigenvalue weighted by Gasteiger charge is 1.96. The summed E-state index contributed by atoms with van der Waals surface area (Å²) in [6.07, 6.45) is -0.641. The minimum atomic E-state index is -1.00. The molecule has 0 aliphatic rings. The van der Waals surface area contributed by atoms with Gasteiger partial charge in [-0.3, -0.25) is 0 Å². The zero-order valence-electron chi connectivity index (χ0n) is 5.31. The molecule has 4 nitrogen and oxygen atoms in total. The largest absolute Gasteiger partial charge is 0.381 e. The molecule has 48 valence electrons. The van der Waals surface area contributed by atoms with E-state index in [1.165, 1.54) is 0 Å². The number of anilines is 1. The number of nitrogens with two attached hydrogens (primary N) is 1. The molecule has 9 heavy (non-hydrogen) atoms. The van der Waals surface area contributed by atoms with Crippen molar-refractivity contribution < 1.29 is 5.76 Å². The van der Waals surface area contributed by atoms with Crippen LogP contribution in [0.15, 0.2) is 11.0 Å². The van der Waals surface area contributed by atoms with Crippen LogP contribution in [0.3, 0.4) is 0 Å². The number of nitrogens with one attached hydrogen (secondary N) is 1. The summed E-state index contributed by atoms with van der Waals surface area (Å²) < 4.78 is 19.1. The zero-order valence-corrected chi connectivity index (χ0v) is 4.31. The van der Waals surface area contributed by atoms with E-state index in [2.05, 4.69) is 4.98 Å². The van der Waals surface area contributed by atoms with Crippen LogP contribution < -0.4 is 11.4 Å². The van der Waals surface area contributed by atoms with Crippen LogP contribution >= 0.6 is 0 Å². The molecule has 0 aromatic carbocycles. The molecule has 1 aromatic rings. The Morgan fingerprint density at radius 2 is 2.67 bits per heavy atom. The first kappa shape index (κ1) is 4.49. The minimum absolute atomic E-state index is 0.547. The normalized spacial score (nSPS) is 11.0. The molecule has 5 heteroatoms. The van der Waals surface area contributed by atoms with E-state index in [9.17, 15) is 9.18 Å². The van der Waals surface area contributed by atoms with E-state index in [0.29, 0.717) is 0 Å². The van der Waals surface area contributed by atoms with Gasteiger partial charge in [-0.15, -0.1) is 0 Å². The third kappa shape index (κ3) is 1.04. The highest BCUT2D eigenvalue weighted by Crippen LogP contribution is 1.96. The average molecular weight is 131 g/mol. The Bertz CT molecular complexity index is 284. The summed E-state index contributed by atoms with van der Waals surface area (Å²) in [6, 6.07) is 0. The molecular weight excluding hydrogens is 125 g/mol. The third-order valence-electron chi connectivity index (χ3n) is 0.726. The van der Waals surface area contributed by atoms with Gasteiger partial charge in [-0.1, -0.05) is 0 Å². The molecule has 0 saturated heterocycles. The summed E-state index contributed by atoms with van der Waals surface area (Å²) in [4.78, 5) is 15.2. The lowest BCUT2D eigenvalue weighted by Gasteiger charge is -1.88. The quantitative estimate of drug-likeness (QED) is 0.498. The van der Waals surface area contributed by atoms with E-state index in [4.69, 9.17) is 7.10 Å². The van der Waals surface area contributed by atoms with Crippen molar-refractivity contribution in [1.82, 2.24) is 9.97 Å². The van der Waals surface area contributed by atoms with Crippen molar-refractivity contribution in [3.8, 4) is 0 Å². The van der Waals surface area contributed by atoms with Gasteiger partial charge in [0.05, 0.1) is 1.37 Å². The van der Waals surface area contributed by atoms with Crippen LogP contribution in [0.5, 0.6) is 0 Å². The maximum atomic E-state index is 12.4. The predicted molar refractivity (Wildman–Crippen MR) is 29.2 cm³/mol. The standard InChI is InChI=1S/C4H4FN3O/c5-2-1-7-4(9)8-3(2)6/h1H,(H3,6,7,8,9)/i1T. The van der Waals surface area contributed by atoms with E-state index in [1.807, 2.05) is 4.98 Å². The number of H-pyrrole nitrogens is 1. The number of rotatable bonds is 0. The fraction of sp³-hybridized carbons (Fsp3) is 0. The SMILES string of the molecule is [3H]c1[nH]c(=O)nc(N)c1F. The third-order valence-corrected chi connectivity index (χ3v) is 0.726. The van der Waals surface area contributed by atoms with Gasteiger partial charge in [-0.05, 0) is 0 Å². The molecule has 0 unspecified atom stereocenters. The first-order chi connectivity index (χ1) is 4.61. The Morgan fingerprint density at radius 1 is 2.00 bits per heavy atom. The number of nitrogens with zero attached hydrogens (tertiary/aromatic N) is 1. The van der Waals surface area contributed by atoms with Gasteiger partial charge >= 0.3 is 5.69 Å². The lowest BCUT2D eigenvalue weighted by atomic mass is 10.6. The summed E-state index contributed by atoms with van der Waals surface area (Å²) in [7, 11) is 0. The molecule has 0 aliphatic carbocycles. The topological polar surface area (TPSA) is 71.8 Å². The summed E-state index contributed by atoms with van der Waals surface area (Å²) in [6.45, 7) is 0. The second-order valence-corrected chi connectivity index (χ2v) is 1.37. The number of nitrogen functional groups attached to an aromatic ring is 1. The molecule has 0 atom stereocenters. The molecule has 0 fully saturated rings.